The number of aryl methyl sites for hydroxylation is 1. The van der Waals surface area contributed by atoms with Crippen molar-refractivity contribution in [3.05, 3.63) is 15.5 Å². The van der Waals surface area contributed by atoms with Crippen LogP contribution in [-0.2, 0) is 11.8 Å². The fraction of sp³-hybridized carbons (Fsp3) is 0.545. The first kappa shape index (κ1) is 15.4. The summed E-state index contributed by atoms with van der Waals surface area (Å²) in [6.45, 7) is 1.45. The zero-order chi connectivity index (χ0) is 14.5. The molecule has 1 unspecified atom stereocenters. The SMILES string of the molecule is Cn1cc(I)c(C(=O)NNC(=S)NCC2CCCO2)n1. The van der Waals surface area contributed by atoms with Crippen LogP contribution in [0.3, 0.4) is 0 Å². The van der Waals surface area contributed by atoms with E-state index in [1.165, 1.54) is 0 Å². The Balaban J connectivity index is 1.72. The highest BCUT2D eigenvalue weighted by atomic mass is 127. The standard InChI is InChI=1S/C11H16IN5O2S/c1-17-6-8(12)9(16-17)10(18)14-15-11(20)13-5-7-3-2-4-19-7/h6-7H,2-5H2,1H3,(H,14,18)(H2,13,15,20). The lowest BCUT2D eigenvalue weighted by Crippen LogP contribution is -2.48. The number of nitrogens with zero attached hydrogens (tertiary/aromatic N) is 2. The number of aromatic nitrogens is 2. The zero-order valence-electron chi connectivity index (χ0n) is 11.0. The Labute approximate surface area is 135 Å². The molecule has 1 aromatic heterocycles. The molecule has 20 heavy (non-hydrogen) atoms. The average Bonchev–Trinajstić information content (AvgIpc) is 3.03. The fourth-order valence-corrected chi connectivity index (χ4v) is 2.73. The molecule has 9 heteroatoms. The first-order valence-electron chi connectivity index (χ1n) is 6.21. The molecule has 2 heterocycles. The predicted octanol–water partition coefficient (Wildman–Crippen LogP) is 0.313. The van der Waals surface area contributed by atoms with Gasteiger partial charge in [0, 0.05) is 26.4 Å². The molecular weight excluding hydrogens is 393 g/mol. The maximum absolute atomic E-state index is 11.9. The second-order valence-corrected chi connectivity index (χ2v) is 5.99. The number of hydrazine groups is 1. The number of amides is 1. The van der Waals surface area contributed by atoms with E-state index in [4.69, 9.17) is 17.0 Å². The second kappa shape index (κ2) is 7.18. The van der Waals surface area contributed by atoms with Crippen LogP contribution in [0.2, 0.25) is 0 Å². The highest BCUT2D eigenvalue weighted by Gasteiger charge is 2.16. The normalized spacial score (nSPS) is 17.8. The summed E-state index contributed by atoms with van der Waals surface area (Å²) in [5.41, 5.74) is 5.53. The Hall–Kier alpha value is -0.940. The Morgan fingerprint density at radius 1 is 1.65 bits per heavy atom. The Kier molecular flexibility index (Phi) is 5.54. The quantitative estimate of drug-likeness (QED) is 0.379. The molecule has 1 aromatic rings. The molecular formula is C11H16IN5O2S. The van der Waals surface area contributed by atoms with Gasteiger partial charge in [0.2, 0.25) is 0 Å². The molecule has 1 aliphatic heterocycles. The molecule has 1 amide bonds. The number of halogens is 1. The van der Waals surface area contributed by atoms with Crippen molar-refractivity contribution in [2.45, 2.75) is 18.9 Å². The zero-order valence-corrected chi connectivity index (χ0v) is 14.0. The summed E-state index contributed by atoms with van der Waals surface area (Å²) in [5, 5.41) is 7.44. The Morgan fingerprint density at radius 3 is 3.05 bits per heavy atom. The molecule has 1 aliphatic rings. The van der Waals surface area contributed by atoms with Crippen LogP contribution in [-0.4, -0.2) is 40.1 Å². The van der Waals surface area contributed by atoms with Gasteiger partial charge in [-0.25, -0.2) is 0 Å². The molecule has 110 valence electrons. The van der Waals surface area contributed by atoms with Gasteiger partial charge in [-0.15, -0.1) is 0 Å². The van der Waals surface area contributed by atoms with Crippen LogP contribution in [0.4, 0.5) is 0 Å². The van der Waals surface area contributed by atoms with Crippen LogP contribution in [0.25, 0.3) is 0 Å². The van der Waals surface area contributed by atoms with E-state index in [0.29, 0.717) is 17.4 Å². The van der Waals surface area contributed by atoms with Crippen molar-refractivity contribution in [2.24, 2.45) is 7.05 Å². The van der Waals surface area contributed by atoms with Crippen molar-refractivity contribution in [3.8, 4) is 0 Å². The lowest BCUT2D eigenvalue weighted by Gasteiger charge is -2.14. The number of carbonyl (C=O) groups excluding carboxylic acids is 1. The molecule has 1 saturated heterocycles. The van der Waals surface area contributed by atoms with Gasteiger partial charge < -0.3 is 10.1 Å². The number of hydrogen-bond donors (Lipinski definition) is 3. The maximum atomic E-state index is 11.9. The third-order valence-electron chi connectivity index (χ3n) is 2.80. The number of nitrogens with one attached hydrogen (secondary N) is 3. The number of carbonyl (C=O) groups is 1. The minimum Gasteiger partial charge on any atom is -0.376 e. The minimum atomic E-state index is -0.323. The molecule has 2 rings (SSSR count). The number of hydrogen-bond acceptors (Lipinski definition) is 4. The van der Waals surface area contributed by atoms with Gasteiger partial charge in [0.1, 0.15) is 0 Å². The van der Waals surface area contributed by atoms with Gasteiger partial charge in [0.05, 0.1) is 9.67 Å². The van der Waals surface area contributed by atoms with E-state index in [1.807, 2.05) is 0 Å². The van der Waals surface area contributed by atoms with Gasteiger partial charge in [-0.05, 0) is 47.7 Å². The van der Waals surface area contributed by atoms with Gasteiger partial charge in [0.15, 0.2) is 10.8 Å². The molecule has 7 nitrogen and oxygen atoms in total. The van der Waals surface area contributed by atoms with E-state index in [1.54, 1.807) is 17.9 Å². The van der Waals surface area contributed by atoms with E-state index in [0.717, 1.165) is 23.0 Å². The third kappa shape index (κ3) is 4.28. The smallest absolute Gasteiger partial charge is 0.291 e. The number of rotatable bonds is 3. The van der Waals surface area contributed by atoms with Gasteiger partial charge in [-0.1, -0.05) is 0 Å². The van der Waals surface area contributed by atoms with E-state index in [-0.39, 0.29) is 12.0 Å². The molecule has 0 bridgehead atoms. The topological polar surface area (TPSA) is 80.2 Å². The average molecular weight is 409 g/mol. The molecule has 0 radical (unpaired) electrons. The summed E-state index contributed by atoms with van der Waals surface area (Å²) in [7, 11) is 1.76. The summed E-state index contributed by atoms with van der Waals surface area (Å²) in [6, 6.07) is 0. The Bertz CT molecular complexity index is 501. The number of thiocarbonyl (C=S) groups is 1. The van der Waals surface area contributed by atoms with E-state index in [9.17, 15) is 4.79 Å². The summed E-state index contributed by atoms with van der Waals surface area (Å²) < 4.78 is 7.83. The second-order valence-electron chi connectivity index (χ2n) is 4.42. The first-order chi connectivity index (χ1) is 9.56. The van der Waals surface area contributed by atoms with E-state index < -0.39 is 0 Å². The Morgan fingerprint density at radius 2 is 2.45 bits per heavy atom. The maximum Gasteiger partial charge on any atom is 0.291 e. The summed E-state index contributed by atoms with van der Waals surface area (Å²) in [5.74, 6) is -0.323. The van der Waals surface area contributed by atoms with Crippen LogP contribution in [0, 0.1) is 3.57 Å². The van der Waals surface area contributed by atoms with Crippen molar-refractivity contribution in [2.75, 3.05) is 13.2 Å². The molecule has 0 aliphatic carbocycles. The van der Waals surface area contributed by atoms with Crippen molar-refractivity contribution in [3.63, 3.8) is 0 Å². The van der Waals surface area contributed by atoms with Crippen molar-refractivity contribution in [1.82, 2.24) is 25.9 Å². The monoisotopic (exact) mass is 409 g/mol. The molecule has 3 N–H and O–H groups in total. The predicted molar refractivity (Wildman–Crippen MR) is 86.1 cm³/mol. The fourth-order valence-electron chi connectivity index (χ4n) is 1.84. The van der Waals surface area contributed by atoms with Crippen LogP contribution in [0.15, 0.2) is 6.20 Å². The van der Waals surface area contributed by atoms with Gasteiger partial charge in [-0.2, -0.15) is 5.10 Å². The summed E-state index contributed by atoms with van der Waals surface area (Å²) >= 11 is 7.13. The first-order valence-corrected chi connectivity index (χ1v) is 7.70. The van der Waals surface area contributed by atoms with Gasteiger partial charge in [-0.3, -0.25) is 20.3 Å². The lowest BCUT2D eigenvalue weighted by molar-refractivity contribution is 0.0936. The molecule has 1 atom stereocenters. The van der Waals surface area contributed by atoms with Crippen LogP contribution < -0.4 is 16.2 Å². The van der Waals surface area contributed by atoms with Crippen molar-refractivity contribution in [1.29, 1.82) is 0 Å². The van der Waals surface area contributed by atoms with E-state index >= 15 is 0 Å². The third-order valence-corrected chi connectivity index (χ3v) is 3.84. The van der Waals surface area contributed by atoms with E-state index in [2.05, 4.69) is 43.9 Å². The molecule has 1 fully saturated rings. The summed E-state index contributed by atoms with van der Waals surface area (Å²) in [4.78, 5) is 11.9. The minimum absolute atomic E-state index is 0.196. The largest absolute Gasteiger partial charge is 0.376 e. The van der Waals surface area contributed by atoms with Crippen molar-refractivity contribution >= 4 is 45.8 Å². The highest BCUT2D eigenvalue weighted by molar-refractivity contribution is 14.1. The lowest BCUT2D eigenvalue weighted by atomic mass is 10.2. The van der Waals surface area contributed by atoms with Crippen molar-refractivity contribution < 1.29 is 9.53 Å². The van der Waals surface area contributed by atoms with Crippen LogP contribution in [0.1, 0.15) is 23.3 Å². The molecule has 0 spiro atoms. The van der Waals surface area contributed by atoms with Crippen LogP contribution >= 0.6 is 34.8 Å². The highest BCUT2D eigenvalue weighted by Crippen LogP contribution is 2.10. The number of ether oxygens (including phenoxy) is 1. The van der Waals surface area contributed by atoms with Crippen LogP contribution in [0.5, 0.6) is 0 Å². The summed E-state index contributed by atoms with van der Waals surface area (Å²) in [6.07, 6.45) is 4.08. The van der Waals surface area contributed by atoms with Gasteiger partial charge in [0.25, 0.3) is 5.91 Å². The molecule has 0 aromatic carbocycles. The van der Waals surface area contributed by atoms with Gasteiger partial charge >= 0.3 is 0 Å². The molecule has 0 saturated carbocycles.